The van der Waals surface area contributed by atoms with Gasteiger partial charge in [0.25, 0.3) is 0 Å². The summed E-state index contributed by atoms with van der Waals surface area (Å²) in [6, 6.07) is 19.5. The molecular formula is C17H22N2. The van der Waals surface area contributed by atoms with Crippen LogP contribution >= 0.6 is 0 Å². The van der Waals surface area contributed by atoms with Gasteiger partial charge in [-0.15, -0.1) is 0 Å². The van der Waals surface area contributed by atoms with Crippen LogP contribution in [0.15, 0.2) is 54.6 Å². The standard InChI is InChI=1S/C17H22N2/c1-13-8-10-16(11-9-13)17(12-18)19-14(2)15-6-4-3-5-7-15/h3-11,14,17,19H,12,18H2,1-2H3. The van der Waals surface area contributed by atoms with Crippen LogP contribution in [0.2, 0.25) is 0 Å². The van der Waals surface area contributed by atoms with Crippen molar-refractivity contribution in [3.63, 3.8) is 0 Å². The molecule has 0 bridgehead atoms. The van der Waals surface area contributed by atoms with Gasteiger partial charge in [-0.05, 0) is 25.0 Å². The van der Waals surface area contributed by atoms with Crippen molar-refractivity contribution < 1.29 is 0 Å². The minimum absolute atomic E-state index is 0.191. The first-order valence-electron chi connectivity index (χ1n) is 6.78. The Morgan fingerprint density at radius 1 is 0.947 bits per heavy atom. The molecule has 2 atom stereocenters. The fourth-order valence-electron chi connectivity index (χ4n) is 2.24. The van der Waals surface area contributed by atoms with Crippen LogP contribution < -0.4 is 11.1 Å². The zero-order valence-corrected chi connectivity index (χ0v) is 11.6. The van der Waals surface area contributed by atoms with Crippen LogP contribution in [-0.2, 0) is 0 Å². The van der Waals surface area contributed by atoms with E-state index in [1.807, 2.05) is 6.07 Å². The third-order valence-electron chi connectivity index (χ3n) is 3.47. The second kappa shape index (κ2) is 6.50. The maximum atomic E-state index is 5.91. The van der Waals surface area contributed by atoms with Crippen molar-refractivity contribution >= 4 is 0 Å². The summed E-state index contributed by atoms with van der Waals surface area (Å²) in [6.07, 6.45) is 0. The largest absolute Gasteiger partial charge is 0.329 e. The summed E-state index contributed by atoms with van der Waals surface area (Å²) in [5.41, 5.74) is 9.71. The second-order valence-corrected chi connectivity index (χ2v) is 5.00. The minimum Gasteiger partial charge on any atom is -0.329 e. The molecule has 2 aromatic rings. The van der Waals surface area contributed by atoms with E-state index in [1.54, 1.807) is 0 Å². The molecule has 0 spiro atoms. The number of nitrogens with two attached hydrogens (primary N) is 1. The summed E-state index contributed by atoms with van der Waals surface area (Å²) >= 11 is 0. The molecule has 0 radical (unpaired) electrons. The highest BCUT2D eigenvalue weighted by Gasteiger charge is 2.13. The molecule has 3 N–H and O–H groups in total. The van der Waals surface area contributed by atoms with E-state index in [0.29, 0.717) is 6.54 Å². The average Bonchev–Trinajstić information content (AvgIpc) is 2.46. The van der Waals surface area contributed by atoms with Gasteiger partial charge in [-0.2, -0.15) is 0 Å². The van der Waals surface area contributed by atoms with Crippen molar-refractivity contribution in [1.29, 1.82) is 0 Å². The highest BCUT2D eigenvalue weighted by Crippen LogP contribution is 2.19. The van der Waals surface area contributed by atoms with Crippen molar-refractivity contribution in [2.45, 2.75) is 25.9 Å². The van der Waals surface area contributed by atoms with Gasteiger partial charge in [0.1, 0.15) is 0 Å². The van der Waals surface area contributed by atoms with Crippen molar-refractivity contribution in [3.05, 3.63) is 71.3 Å². The summed E-state index contributed by atoms with van der Waals surface area (Å²) in [7, 11) is 0. The molecule has 0 aliphatic carbocycles. The van der Waals surface area contributed by atoms with E-state index in [4.69, 9.17) is 5.73 Å². The third kappa shape index (κ3) is 3.66. The third-order valence-corrected chi connectivity index (χ3v) is 3.47. The predicted octanol–water partition coefficient (Wildman–Crippen LogP) is 3.35. The first-order valence-corrected chi connectivity index (χ1v) is 6.78. The summed E-state index contributed by atoms with van der Waals surface area (Å²) in [4.78, 5) is 0. The fourth-order valence-corrected chi connectivity index (χ4v) is 2.24. The molecule has 2 heteroatoms. The van der Waals surface area contributed by atoms with Gasteiger partial charge in [0.2, 0.25) is 0 Å². The maximum absolute atomic E-state index is 5.91. The average molecular weight is 254 g/mol. The van der Waals surface area contributed by atoms with E-state index in [2.05, 4.69) is 67.7 Å². The Kier molecular flexibility index (Phi) is 4.72. The molecule has 2 unspecified atom stereocenters. The Bertz CT molecular complexity index is 490. The summed E-state index contributed by atoms with van der Waals surface area (Å²) in [5, 5.41) is 3.59. The Morgan fingerprint density at radius 2 is 1.58 bits per heavy atom. The number of benzene rings is 2. The molecule has 0 aromatic heterocycles. The van der Waals surface area contributed by atoms with Crippen LogP contribution in [0.3, 0.4) is 0 Å². The van der Waals surface area contributed by atoms with Crippen LogP contribution in [0.5, 0.6) is 0 Å². The lowest BCUT2D eigenvalue weighted by Gasteiger charge is -2.23. The zero-order valence-electron chi connectivity index (χ0n) is 11.6. The molecule has 0 saturated heterocycles. The lowest BCUT2D eigenvalue weighted by Crippen LogP contribution is -2.30. The number of nitrogens with one attached hydrogen (secondary N) is 1. The van der Waals surface area contributed by atoms with E-state index >= 15 is 0 Å². The van der Waals surface area contributed by atoms with Gasteiger partial charge in [0, 0.05) is 18.6 Å². The second-order valence-electron chi connectivity index (χ2n) is 5.00. The highest BCUT2D eigenvalue weighted by atomic mass is 15.0. The molecule has 0 heterocycles. The summed E-state index contributed by atoms with van der Waals surface area (Å²) in [6.45, 7) is 4.87. The van der Waals surface area contributed by atoms with Crippen molar-refractivity contribution in [1.82, 2.24) is 5.32 Å². The van der Waals surface area contributed by atoms with Crippen molar-refractivity contribution in [2.24, 2.45) is 5.73 Å². The molecule has 0 saturated carbocycles. The van der Waals surface area contributed by atoms with E-state index in [9.17, 15) is 0 Å². The normalized spacial score (nSPS) is 14.1. The zero-order chi connectivity index (χ0) is 13.7. The smallest absolute Gasteiger partial charge is 0.0449 e. The summed E-state index contributed by atoms with van der Waals surface area (Å²) < 4.78 is 0. The van der Waals surface area contributed by atoms with Gasteiger partial charge in [-0.3, -0.25) is 0 Å². The molecule has 2 nitrogen and oxygen atoms in total. The Labute approximate surface area is 115 Å². The predicted molar refractivity (Wildman–Crippen MR) is 81.0 cm³/mol. The molecular weight excluding hydrogens is 232 g/mol. The molecule has 0 aliphatic rings. The van der Waals surface area contributed by atoms with Crippen LogP contribution in [0.4, 0.5) is 0 Å². The lowest BCUT2D eigenvalue weighted by atomic mass is 10.0. The van der Waals surface area contributed by atoms with Gasteiger partial charge in [-0.1, -0.05) is 60.2 Å². The highest BCUT2D eigenvalue weighted by molar-refractivity contribution is 5.25. The quantitative estimate of drug-likeness (QED) is 0.858. The first-order chi connectivity index (χ1) is 9.20. The van der Waals surface area contributed by atoms with Crippen LogP contribution in [0.1, 0.15) is 35.7 Å². The van der Waals surface area contributed by atoms with E-state index in [-0.39, 0.29) is 12.1 Å². The lowest BCUT2D eigenvalue weighted by molar-refractivity contribution is 0.473. The summed E-state index contributed by atoms with van der Waals surface area (Å²) in [5.74, 6) is 0. The van der Waals surface area contributed by atoms with Crippen molar-refractivity contribution in [3.8, 4) is 0 Å². The minimum atomic E-state index is 0.191. The Morgan fingerprint density at radius 3 is 2.16 bits per heavy atom. The van der Waals surface area contributed by atoms with Gasteiger partial charge < -0.3 is 11.1 Å². The molecule has 0 amide bonds. The maximum Gasteiger partial charge on any atom is 0.0449 e. The fraction of sp³-hybridized carbons (Fsp3) is 0.294. The monoisotopic (exact) mass is 254 g/mol. The molecule has 0 fully saturated rings. The molecule has 0 aliphatic heterocycles. The molecule has 19 heavy (non-hydrogen) atoms. The molecule has 2 aromatic carbocycles. The van der Waals surface area contributed by atoms with Gasteiger partial charge in [-0.25, -0.2) is 0 Å². The Balaban J connectivity index is 2.09. The first kappa shape index (κ1) is 13.8. The van der Waals surface area contributed by atoms with Crippen LogP contribution in [0.25, 0.3) is 0 Å². The van der Waals surface area contributed by atoms with E-state index in [1.165, 1.54) is 16.7 Å². The van der Waals surface area contributed by atoms with E-state index in [0.717, 1.165) is 0 Å². The van der Waals surface area contributed by atoms with Gasteiger partial charge in [0.05, 0.1) is 0 Å². The van der Waals surface area contributed by atoms with Gasteiger partial charge in [0.15, 0.2) is 0 Å². The number of aryl methyl sites for hydroxylation is 1. The van der Waals surface area contributed by atoms with Crippen LogP contribution in [-0.4, -0.2) is 6.54 Å². The van der Waals surface area contributed by atoms with Gasteiger partial charge >= 0.3 is 0 Å². The SMILES string of the molecule is Cc1ccc(C(CN)NC(C)c2ccccc2)cc1. The van der Waals surface area contributed by atoms with Crippen LogP contribution in [0, 0.1) is 6.92 Å². The number of rotatable bonds is 5. The molecule has 2 rings (SSSR count). The topological polar surface area (TPSA) is 38.0 Å². The van der Waals surface area contributed by atoms with E-state index < -0.39 is 0 Å². The molecule has 100 valence electrons. The number of hydrogen-bond donors (Lipinski definition) is 2. The number of hydrogen-bond acceptors (Lipinski definition) is 2. The Hall–Kier alpha value is -1.64. The van der Waals surface area contributed by atoms with Crippen molar-refractivity contribution in [2.75, 3.05) is 6.54 Å².